The summed E-state index contributed by atoms with van der Waals surface area (Å²) >= 11 is 5.83. The first kappa shape index (κ1) is 22.2. The molecule has 170 valence electrons. The summed E-state index contributed by atoms with van der Waals surface area (Å²) in [6.07, 6.45) is 3.24. The zero-order chi connectivity index (χ0) is 22.5. The molecule has 1 aromatic carbocycles. The number of imidazole rings is 1. The molecule has 2 aromatic heterocycles. The van der Waals surface area contributed by atoms with E-state index in [4.69, 9.17) is 11.6 Å². The van der Waals surface area contributed by atoms with Crippen LogP contribution in [0, 0.1) is 5.82 Å². The van der Waals surface area contributed by atoms with Crippen molar-refractivity contribution in [1.82, 2.24) is 19.9 Å². The summed E-state index contributed by atoms with van der Waals surface area (Å²) in [6, 6.07) is 5.77. The maximum atomic E-state index is 13.5. The Labute approximate surface area is 188 Å². The van der Waals surface area contributed by atoms with E-state index < -0.39 is 12.0 Å². The van der Waals surface area contributed by atoms with Crippen LogP contribution in [-0.2, 0) is 0 Å². The molecule has 0 radical (unpaired) electrons. The Kier molecular flexibility index (Phi) is 7.01. The lowest BCUT2D eigenvalue weighted by Crippen LogP contribution is -2.37. The SMILES string of the molecule is O/N=C(\Nc1ccc(F)c(Cl)c1)c1ccnc2nc(NCCCN3CCCC(F)C3)[nH]c12. The highest BCUT2D eigenvalue weighted by Gasteiger charge is 2.18. The minimum atomic E-state index is -0.724. The Morgan fingerprint density at radius 1 is 1.38 bits per heavy atom. The van der Waals surface area contributed by atoms with Gasteiger partial charge in [0.25, 0.3) is 0 Å². The lowest BCUT2D eigenvalue weighted by molar-refractivity contribution is 0.138. The van der Waals surface area contributed by atoms with Crippen LogP contribution >= 0.6 is 11.6 Å². The number of rotatable bonds is 7. The van der Waals surface area contributed by atoms with Gasteiger partial charge in [0.2, 0.25) is 5.95 Å². The van der Waals surface area contributed by atoms with E-state index in [0.717, 1.165) is 25.9 Å². The van der Waals surface area contributed by atoms with Crippen molar-refractivity contribution in [2.75, 3.05) is 36.8 Å². The lowest BCUT2D eigenvalue weighted by Gasteiger charge is -2.28. The molecule has 0 saturated carbocycles. The number of nitrogens with zero attached hydrogens (tertiary/aromatic N) is 4. The van der Waals surface area contributed by atoms with Crippen LogP contribution in [-0.4, -0.2) is 63.2 Å². The van der Waals surface area contributed by atoms with Crippen molar-refractivity contribution < 1.29 is 14.0 Å². The van der Waals surface area contributed by atoms with Crippen molar-refractivity contribution in [3.8, 4) is 0 Å². The van der Waals surface area contributed by atoms with Crippen LogP contribution in [0.3, 0.4) is 0 Å². The second-order valence-electron chi connectivity index (χ2n) is 7.67. The summed E-state index contributed by atoms with van der Waals surface area (Å²) in [5.74, 6) is 0.116. The molecule has 32 heavy (non-hydrogen) atoms. The maximum absolute atomic E-state index is 13.5. The van der Waals surface area contributed by atoms with Crippen molar-refractivity contribution in [2.45, 2.75) is 25.4 Å². The maximum Gasteiger partial charge on any atom is 0.202 e. The molecule has 0 amide bonds. The van der Waals surface area contributed by atoms with Crippen LogP contribution in [0.4, 0.5) is 20.4 Å². The number of pyridine rings is 1. The standard InChI is InChI=1S/C21H24ClF2N7O/c22-16-11-14(4-5-17(16)24)27-19(30-32)15-6-8-25-20-18(15)28-21(29-20)26-7-2-10-31-9-1-3-13(23)12-31/h4-6,8,11,13,32H,1-3,7,9-10,12H2,(H,27,30)(H2,25,26,28,29). The van der Waals surface area contributed by atoms with Crippen molar-refractivity contribution in [3.05, 3.63) is 46.9 Å². The summed E-state index contributed by atoms with van der Waals surface area (Å²) < 4.78 is 26.9. The second kappa shape index (κ2) is 10.1. The van der Waals surface area contributed by atoms with Crippen LogP contribution in [0.2, 0.25) is 5.02 Å². The quantitative estimate of drug-likeness (QED) is 0.137. The molecular weight excluding hydrogens is 440 g/mol. The Morgan fingerprint density at radius 3 is 3.03 bits per heavy atom. The molecule has 3 aromatic rings. The number of amidine groups is 1. The molecule has 1 fully saturated rings. The van der Waals surface area contributed by atoms with Gasteiger partial charge in [-0.2, -0.15) is 4.98 Å². The van der Waals surface area contributed by atoms with Gasteiger partial charge in [0.1, 0.15) is 12.0 Å². The third-order valence-electron chi connectivity index (χ3n) is 5.32. The number of alkyl halides is 1. The average Bonchev–Trinajstić information content (AvgIpc) is 3.21. The fraction of sp³-hybridized carbons (Fsp3) is 0.381. The monoisotopic (exact) mass is 463 g/mol. The van der Waals surface area contributed by atoms with E-state index in [1.807, 2.05) is 0 Å². The Bertz CT molecular complexity index is 1110. The Morgan fingerprint density at radius 2 is 2.25 bits per heavy atom. The number of oxime groups is 1. The first-order valence-electron chi connectivity index (χ1n) is 10.4. The summed E-state index contributed by atoms with van der Waals surface area (Å²) in [6.45, 7) is 2.93. The predicted octanol–water partition coefficient (Wildman–Crippen LogP) is 4.23. The average molecular weight is 464 g/mol. The number of nitrogens with one attached hydrogen (secondary N) is 3. The lowest BCUT2D eigenvalue weighted by atomic mass is 10.1. The highest BCUT2D eigenvalue weighted by molar-refractivity contribution is 6.31. The van der Waals surface area contributed by atoms with Gasteiger partial charge in [-0.3, -0.25) is 0 Å². The highest BCUT2D eigenvalue weighted by atomic mass is 35.5. The van der Waals surface area contributed by atoms with Crippen molar-refractivity contribution in [1.29, 1.82) is 0 Å². The molecule has 4 rings (SSSR count). The number of likely N-dealkylation sites (tertiary alicyclic amines) is 1. The zero-order valence-corrected chi connectivity index (χ0v) is 18.0. The molecule has 3 heterocycles. The number of aromatic amines is 1. The number of anilines is 2. The number of halogens is 3. The van der Waals surface area contributed by atoms with Gasteiger partial charge < -0.3 is 25.7 Å². The largest absolute Gasteiger partial charge is 0.409 e. The van der Waals surface area contributed by atoms with Crippen LogP contribution in [0.1, 0.15) is 24.8 Å². The van der Waals surface area contributed by atoms with Gasteiger partial charge in [0.15, 0.2) is 11.5 Å². The molecule has 1 aliphatic rings. The second-order valence-corrected chi connectivity index (χ2v) is 8.07. The molecule has 0 spiro atoms. The number of aromatic nitrogens is 3. The van der Waals surface area contributed by atoms with Crippen molar-refractivity contribution >= 4 is 40.2 Å². The fourth-order valence-corrected chi connectivity index (χ4v) is 3.94. The number of benzene rings is 1. The van der Waals surface area contributed by atoms with Gasteiger partial charge >= 0.3 is 0 Å². The van der Waals surface area contributed by atoms with Gasteiger partial charge in [-0.25, -0.2) is 13.8 Å². The number of piperidine rings is 1. The van der Waals surface area contributed by atoms with Crippen LogP contribution in [0.25, 0.3) is 11.2 Å². The van der Waals surface area contributed by atoms with Gasteiger partial charge in [-0.15, -0.1) is 0 Å². The molecular formula is C21H24ClF2N7O. The first-order valence-corrected chi connectivity index (χ1v) is 10.8. The molecule has 4 N–H and O–H groups in total. The van der Waals surface area contributed by atoms with E-state index in [9.17, 15) is 14.0 Å². The molecule has 1 saturated heterocycles. The van der Waals surface area contributed by atoms with Crippen LogP contribution in [0.5, 0.6) is 0 Å². The molecule has 8 nitrogen and oxygen atoms in total. The van der Waals surface area contributed by atoms with Gasteiger partial charge in [-0.1, -0.05) is 16.8 Å². The molecule has 11 heteroatoms. The van der Waals surface area contributed by atoms with E-state index in [2.05, 4.69) is 35.6 Å². The molecule has 1 atom stereocenters. The van der Waals surface area contributed by atoms with E-state index in [0.29, 0.717) is 47.9 Å². The Hall–Kier alpha value is -2.98. The van der Waals surface area contributed by atoms with Gasteiger partial charge in [0, 0.05) is 30.5 Å². The number of H-pyrrole nitrogens is 1. The van der Waals surface area contributed by atoms with Crippen molar-refractivity contribution in [3.63, 3.8) is 0 Å². The minimum Gasteiger partial charge on any atom is -0.409 e. The van der Waals surface area contributed by atoms with Crippen molar-refractivity contribution in [2.24, 2.45) is 5.16 Å². The minimum absolute atomic E-state index is 0.0493. The molecule has 1 unspecified atom stereocenters. The molecule has 0 aliphatic carbocycles. The van der Waals surface area contributed by atoms with E-state index >= 15 is 0 Å². The Balaban J connectivity index is 1.42. The third kappa shape index (κ3) is 5.25. The molecule has 1 aliphatic heterocycles. The smallest absolute Gasteiger partial charge is 0.202 e. The fourth-order valence-electron chi connectivity index (χ4n) is 3.76. The number of hydrogen-bond donors (Lipinski definition) is 4. The van der Waals surface area contributed by atoms with Gasteiger partial charge in [0.05, 0.1) is 10.5 Å². The van der Waals surface area contributed by atoms with Crippen LogP contribution in [0.15, 0.2) is 35.6 Å². The van der Waals surface area contributed by atoms with E-state index in [-0.39, 0.29) is 10.9 Å². The van der Waals surface area contributed by atoms with Crippen LogP contribution < -0.4 is 10.6 Å². The van der Waals surface area contributed by atoms with Gasteiger partial charge in [-0.05, 0) is 56.6 Å². The summed E-state index contributed by atoms with van der Waals surface area (Å²) in [4.78, 5) is 14.0. The highest BCUT2D eigenvalue weighted by Crippen LogP contribution is 2.22. The first-order chi connectivity index (χ1) is 15.5. The van der Waals surface area contributed by atoms with E-state index in [1.165, 1.54) is 18.2 Å². The summed E-state index contributed by atoms with van der Waals surface area (Å²) in [5.41, 5.74) is 2.00. The topological polar surface area (TPSA) is 101 Å². The van der Waals surface area contributed by atoms with E-state index in [1.54, 1.807) is 12.3 Å². The summed E-state index contributed by atoms with van der Waals surface area (Å²) in [5, 5.41) is 19.0. The predicted molar refractivity (Wildman–Crippen MR) is 121 cm³/mol. The molecule has 0 bridgehead atoms. The zero-order valence-electron chi connectivity index (χ0n) is 17.3. The third-order valence-corrected chi connectivity index (χ3v) is 5.61. The normalized spacial score (nSPS) is 17.6. The summed E-state index contributed by atoms with van der Waals surface area (Å²) in [7, 11) is 0. The number of hydrogen-bond acceptors (Lipinski definition) is 6. The number of fused-ring (bicyclic) bond motifs is 1.